The van der Waals surface area contributed by atoms with E-state index in [0.29, 0.717) is 13.0 Å². The summed E-state index contributed by atoms with van der Waals surface area (Å²) in [6.07, 6.45) is 2.23. The smallest absolute Gasteiger partial charge is 0.264 e. The number of sulfonamides is 1. The topological polar surface area (TPSA) is 86.8 Å². The van der Waals surface area contributed by atoms with Gasteiger partial charge in [0, 0.05) is 13.1 Å². The molecule has 0 unspecified atom stereocenters. The van der Waals surface area contributed by atoms with Gasteiger partial charge >= 0.3 is 0 Å². The molecular weight excluding hydrogens is 569 g/mol. The number of carbonyl (C=O) groups is 2. The molecule has 1 atom stereocenters. The van der Waals surface area contributed by atoms with Gasteiger partial charge in [0.15, 0.2) is 0 Å². The van der Waals surface area contributed by atoms with Crippen molar-refractivity contribution in [1.29, 1.82) is 0 Å². The Bertz CT molecular complexity index is 1400. The fourth-order valence-corrected chi connectivity index (χ4v) is 5.81. The summed E-state index contributed by atoms with van der Waals surface area (Å²) >= 11 is 12.3. The molecule has 0 aliphatic rings. The summed E-state index contributed by atoms with van der Waals surface area (Å²) in [5.74, 6) is -0.812. The molecule has 0 aliphatic heterocycles. The molecule has 3 aromatic carbocycles. The molecule has 1 N–H and O–H groups in total. The van der Waals surface area contributed by atoms with Crippen LogP contribution in [0.5, 0.6) is 0 Å². The summed E-state index contributed by atoms with van der Waals surface area (Å²) in [7, 11) is -4.18. The fraction of sp³-hybridized carbons (Fsp3) is 0.333. The van der Waals surface area contributed by atoms with Gasteiger partial charge in [-0.2, -0.15) is 0 Å². The van der Waals surface area contributed by atoms with Crippen LogP contribution < -0.4 is 9.62 Å². The molecule has 3 aromatic rings. The van der Waals surface area contributed by atoms with Gasteiger partial charge in [-0.25, -0.2) is 8.42 Å². The first-order valence-corrected chi connectivity index (χ1v) is 15.4. The van der Waals surface area contributed by atoms with Gasteiger partial charge in [-0.3, -0.25) is 13.9 Å². The third-order valence-electron chi connectivity index (χ3n) is 6.56. The molecule has 3 rings (SSSR count). The van der Waals surface area contributed by atoms with Crippen molar-refractivity contribution < 1.29 is 18.0 Å². The third-order valence-corrected chi connectivity index (χ3v) is 9.09. The van der Waals surface area contributed by atoms with E-state index in [1.165, 1.54) is 35.2 Å². The predicted molar refractivity (Wildman–Crippen MR) is 161 cm³/mol. The van der Waals surface area contributed by atoms with Crippen LogP contribution >= 0.6 is 23.2 Å². The molecule has 7 nitrogen and oxygen atoms in total. The number of aryl methyl sites for hydroxylation is 1. The molecule has 0 spiro atoms. The number of anilines is 1. The van der Waals surface area contributed by atoms with Crippen LogP contribution in [0.2, 0.25) is 10.0 Å². The molecule has 214 valence electrons. The van der Waals surface area contributed by atoms with Gasteiger partial charge in [0.25, 0.3) is 10.0 Å². The van der Waals surface area contributed by atoms with Gasteiger partial charge in [-0.15, -0.1) is 0 Å². The summed E-state index contributed by atoms with van der Waals surface area (Å²) in [4.78, 5) is 28.3. The van der Waals surface area contributed by atoms with E-state index in [4.69, 9.17) is 23.2 Å². The molecule has 0 aromatic heterocycles. The molecule has 0 bridgehead atoms. The Morgan fingerprint density at radius 3 is 2.25 bits per heavy atom. The van der Waals surface area contributed by atoms with Crippen LogP contribution in [0.1, 0.15) is 37.8 Å². The molecule has 40 heavy (non-hydrogen) atoms. The summed E-state index contributed by atoms with van der Waals surface area (Å²) in [5, 5.41) is 3.29. The minimum absolute atomic E-state index is 0.0261. The maximum absolute atomic E-state index is 13.9. The van der Waals surface area contributed by atoms with E-state index in [9.17, 15) is 18.0 Å². The SMILES string of the molecule is CCCCNC(=O)[C@H](C)N(CCc1ccccc1)C(=O)CN(c1ccc(Cl)c(Cl)c1)S(=O)(=O)c1ccc(C)cc1. The Morgan fingerprint density at radius 1 is 0.950 bits per heavy atom. The van der Waals surface area contributed by atoms with Crippen LogP contribution in [0.4, 0.5) is 5.69 Å². The lowest BCUT2D eigenvalue weighted by atomic mass is 10.1. The molecule has 10 heteroatoms. The highest BCUT2D eigenvalue weighted by Crippen LogP contribution is 2.31. The number of halogens is 2. The number of nitrogens with zero attached hydrogens (tertiary/aromatic N) is 2. The van der Waals surface area contributed by atoms with Crippen molar-refractivity contribution in [3.8, 4) is 0 Å². The highest BCUT2D eigenvalue weighted by molar-refractivity contribution is 7.92. The number of carbonyl (C=O) groups excluding carboxylic acids is 2. The Labute approximate surface area is 247 Å². The van der Waals surface area contributed by atoms with Crippen LogP contribution in [-0.2, 0) is 26.0 Å². The number of unbranched alkanes of at least 4 members (excludes halogenated alkanes) is 1. The number of nitrogens with one attached hydrogen (secondary N) is 1. The average molecular weight is 605 g/mol. The van der Waals surface area contributed by atoms with Gasteiger partial charge in [-0.1, -0.05) is 84.6 Å². The van der Waals surface area contributed by atoms with Crippen molar-refractivity contribution >= 4 is 50.7 Å². The average Bonchev–Trinajstić information content (AvgIpc) is 2.94. The Morgan fingerprint density at radius 2 is 1.62 bits per heavy atom. The molecule has 0 saturated heterocycles. The van der Waals surface area contributed by atoms with Crippen LogP contribution in [0.25, 0.3) is 0 Å². The van der Waals surface area contributed by atoms with Crippen LogP contribution in [0, 0.1) is 6.92 Å². The van der Waals surface area contributed by atoms with Crippen molar-refractivity contribution in [2.75, 3.05) is 23.9 Å². The van der Waals surface area contributed by atoms with Crippen LogP contribution in [0.3, 0.4) is 0 Å². The predicted octanol–water partition coefficient (Wildman–Crippen LogP) is 5.87. The van der Waals surface area contributed by atoms with Gasteiger partial charge in [0.05, 0.1) is 20.6 Å². The molecule has 0 aliphatic carbocycles. The van der Waals surface area contributed by atoms with E-state index in [-0.39, 0.29) is 33.1 Å². The molecule has 0 heterocycles. The first-order valence-electron chi connectivity index (χ1n) is 13.2. The zero-order chi connectivity index (χ0) is 29.3. The maximum atomic E-state index is 13.9. The first-order chi connectivity index (χ1) is 19.0. The quantitative estimate of drug-likeness (QED) is 0.247. The van der Waals surface area contributed by atoms with E-state index >= 15 is 0 Å². The molecule has 0 fully saturated rings. The minimum atomic E-state index is -4.18. The van der Waals surface area contributed by atoms with Gasteiger partial charge in [-0.05, 0) is 62.6 Å². The second-order valence-electron chi connectivity index (χ2n) is 9.57. The number of rotatable bonds is 13. The molecule has 0 saturated carbocycles. The summed E-state index contributed by atoms with van der Waals surface area (Å²) in [6, 6.07) is 19.6. The normalized spacial score (nSPS) is 12.0. The number of benzene rings is 3. The van der Waals surface area contributed by atoms with E-state index in [0.717, 1.165) is 28.3 Å². The van der Waals surface area contributed by atoms with Crippen molar-refractivity contribution in [1.82, 2.24) is 10.2 Å². The van der Waals surface area contributed by atoms with Crippen molar-refractivity contribution in [3.63, 3.8) is 0 Å². The fourth-order valence-electron chi connectivity index (χ4n) is 4.11. The number of hydrogen-bond donors (Lipinski definition) is 1. The van der Waals surface area contributed by atoms with Gasteiger partial charge in [0.1, 0.15) is 12.6 Å². The summed E-state index contributed by atoms with van der Waals surface area (Å²) in [6.45, 7) is 5.73. The van der Waals surface area contributed by atoms with Gasteiger partial charge < -0.3 is 10.2 Å². The van der Waals surface area contributed by atoms with Crippen molar-refractivity contribution in [2.24, 2.45) is 0 Å². The van der Waals surface area contributed by atoms with E-state index in [1.54, 1.807) is 19.1 Å². The van der Waals surface area contributed by atoms with E-state index in [2.05, 4.69) is 5.32 Å². The summed E-state index contributed by atoms with van der Waals surface area (Å²) in [5.41, 5.74) is 2.07. The second-order valence-corrected chi connectivity index (χ2v) is 12.2. The highest BCUT2D eigenvalue weighted by Gasteiger charge is 2.32. The lowest BCUT2D eigenvalue weighted by Crippen LogP contribution is -2.52. The maximum Gasteiger partial charge on any atom is 0.264 e. The van der Waals surface area contributed by atoms with Crippen LogP contribution in [-0.4, -0.2) is 50.8 Å². The lowest BCUT2D eigenvalue weighted by Gasteiger charge is -2.32. The van der Waals surface area contributed by atoms with Crippen LogP contribution in [0.15, 0.2) is 77.7 Å². The second kappa shape index (κ2) is 14.5. The largest absolute Gasteiger partial charge is 0.354 e. The lowest BCUT2D eigenvalue weighted by molar-refractivity contribution is -0.138. The Kier molecular flexibility index (Phi) is 11.4. The molecule has 2 amide bonds. The van der Waals surface area contributed by atoms with E-state index < -0.39 is 28.5 Å². The number of hydrogen-bond acceptors (Lipinski definition) is 4. The Balaban J connectivity index is 1.97. The van der Waals surface area contributed by atoms with Crippen molar-refractivity contribution in [3.05, 3.63) is 94.0 Å². The molecule has 0 radical (unpaired) electrons. The van der Waals surface area contributed by atoms with Gasteiger partial charge in [0.2, 0.25) is 11.8 Å². The Hall–Kier alpha value is -3.07. The van der Waals surface area contributed by atoms with E-state index in [1.807, 2.05) is 44.2 Å². The standard InChI is InChI=1S/C30H35Cl2N3O4S/c1-4-5-18-33-30(37)23(3)34(19-17-24-9-7-6-8-10-24)29(36)21-35(25-13-16-27(31)28(32)20-25)40(38,39)26-14-11-22(2)12-15-26/h6-16,20,23H,4-5,17-19,21H2,1-3H3,(H,33,37)/t23-/m0/s1. The monoisotopic (exact) mass is 603 g/mol. The third kappa shape index (κ3) is 8.22. The summed E-state index contributed by atoms with van der Waals surface area (Å²) < 4.78 is 28.7. The minimum Gasteiger partial charge on any atom is -0.354 e. The van der Waals surface area contributed by atoms with Crippen molar-refractivity contribution in [2.45, 2.75) is 51.0 Å². The first kappa shape index (κ1) is 31.5. The highest BCUT2D eigenvalue weighted by atomic mass is 35.5. The number of amides is 2. The molecular formula is C30H35Cl2N3O4S. The zero-order valence-corrected chi connectivity index (χ0v) is 25.3. The zero-order valence-electron chi connectivity index (χ0n) is 22.9.